The van der Waals surface area contributed by atoms with E-state index in [1.54, 1.807) is 31.6 Å². The first-order valence-electron chi connectivity index (χ1n) is 10.6. The zero-order valence-corrected chi connectivity index (χ0v) is 18.0. The summed E-state index contributed by atoms with van der Waals surface area (Å²) in [4.78, 5) is 21.0. The number of aryl methyl sites for hydroxylation is 1. The van der Waals surface area contributed by atoms with Gasteiger partial charge >= 0.3 is 0 Å². The molecule has 32 heavy (non-hydrogen) atoms. The highest BCUT2D eigenvalue weighted by atomic mass is 16.5. The number of para-hydroxylation sites is 4. The molecule has 7 nitrogen and oxygen atoms in total. The number of amides is 1. The Labute approximate surface area is 187 Å². The van der Waals surface area contributed by atoms with Crippen LogP contribution in [-0.4, -0.2) is 40.7 Å². The average molecular weight is 431 g/mol. The molecule has 0 bridgehead atoms. The quantitative estimate of drug-likeness (QED) is 0.386. The summed E-state index contributed by atoms with van der Waals surface area (Å²) in [5.41, 5.74) is 2.60. The summed E-state index contributed by atoms with van der Waals surface area (Å²) in [5, 5.41) is 2.95. The Kier molecular flexibility index (Phi) is 6.97. The van der Waals surface area contributed by atoms with Crippen LogP contribution in [0.3, 0.4) is 0 Å². The standard InChI is InChI=1S/C25H26N4O3/c1-31-22-11-4-5-12-23(22)32-17-16-29-21-10-3-2-9-20(21)28-24(29)13-7-15-27-25(30)19-8-6-14-26-18-19/h2-6,8-12,14,18H,7,13,15-17H2,1H3,(H,27,30). The number of imidazole rings is 1. The van der Waals surface area contributed by atoms with Crippen LogP contribution >= 0.6 is 0 Å². The van der Waals surface area contributed by atoms with Gasteiger partial charge in [0.05, 0.1) is 30.3 Å². The largest absolute Gasteiger partial charge is 0.493 e. The molecule has 0 unspecified atom stereocenters. The molecule has 0 spiro atoms. The van der Waals surface area contributed by atoms with Crippen molar-refractivity contribution in [3.05, 3.63) is 84.4 Å². The van der Waals surface area contributed by atoms with Crippen molar-refractivity contribution in [1.29, 1.82) is 0 Å². The molecule has 1 N–H and O–H groups in total. The van der Waals surface area contributed by atoms with E-state index in [9.17, 15) is 4.79 Å². The molecule has 2 aromatic heterocycles. The number of nitrogens with zero attached hydrogens (tertiary/aromatic N) is 3. The number of benzene rings is 2. The van der Waals surface area contributed by atoms with Gasteiger partial charge in [0.2, 0.25) is 0 Å². The minimum atomic E-state index is -0.114. The molecular weight excluding hydrogens is 404 g/mol. The first-order valence-corrected chi connectivity index (χ1v) is 10.6. The molecular formula is C25H26N4O3. The summed E-state index contributed by atoms with van der Waals surface area (Å²) in [6.45, 7) is 1.72. The molecule has 0 saturated carbocycles. The van der Waals surface area contributed by atoms with Gasteiger partial charge in [-0.3, -0.25) is 9.78 Å². The lowest BCUT2D eigenvalue weighted by molar-refractivity contribution is 0.0952. The molecule has 0 aliphatic rings. The van der Waals surface area contributed by atoms with Crippen LogP contribution in [0.5, 0.6) is 11.5 Å². The van der Waals surface area contributed by atoms with Crippen LogP contribution in [-0.2, 0) is 13.0 Å². The second kappa shape index (κ2) is 10.4. The minimum Gasteiger partial charge on any atom is -0.493 e. The Morgan fingerprint density at radius 3 is 2.66 bits per heavy atom. The molecule has 0 fully saturated rings. The fraction of sp³-hybridized carbons (Fsp3) is 0.240. The molecule has 2 heterocycles. The molecule has 4 rings (SSSR count). The van der Waals surface area contributed by atoms with Gasteiger partial charge in [-0.05, 0) is 42.8 Å². The van der Waals surface area contributed by atoms with Gasteiger partial charge in [-0.1, -0.05) is 24.3 Å². The first-order chi connectivity index (χ1) is 15.8. The normalized spacial score (nSPS) is 10.8. The van der Waals surface area contributed by atoms with Gasteiger partial charge in [-0.15, -0.1) is 0 Å². The van der Waals surface area contributed by atoms with Gasteiger partial charge in [0.15, 0.2) is 11.5 Å². The lowest BCUT2D eigenvalue weighted by Crippen LogP contribution is -2.25. The number of pyridine rings is 1. The third-order valence-corrected chi connectivity index (χ3v) is 5.16. The number of carbonyl (C=O) groups is 1. The number of aromatic nitrogens is 3. The Morgan fingerprint density at radius 1 is 1.03 bits per heavy atom. The number of rotatable bonds is 10. The molecule has 2 aromatic carbocycles. The number of fused-ring (bicyclic) bond motifs is 1. The van der Waals surface area contributed by atoms with E-state index in [-0.39, 0.29) is 5.91 Å². The Morgan fingerprint density at radius 2 is 1.84 bits per heavy atom. The Balaban J connectivity index is 1.38. The molecule has 4 aromatic rings. The van der Waals surface area contributed by atoms with Gasteiger partial charge in [0.25, 0.3) is 5.91 Å². The maximum atomic E-state index is 12.2. The second-order valence-corrected chi connectivity index (χ2v) is 7.27. The van der Waals surface area contributed by atoms with E-state index in [0.29, 0.717) is 31.0 Å². The van der Waals surface area contributed by atoms with Crippen molar-refractivity contribution in [2.75, 3.05) is 20.3 Å². The zero-order valence-electron chi connectivity index (χ0n) is 18.0. The highest BCUT2D eigenvalue weighted by Gasteiger charge is 2.12. The number of ether oxygens (including phenoxy) is 2. The third-order valence-electron chi connectivity index (χ3n) is 5.16. The van der Waals surface area contributed by atoms with Crippen molar-refractivity contribution < 1.29 is 14.3 Å². The fourth-order valence-electron chi connectivity index (χ4n) is 3.60. The van der Waals surface area contributed by atoms with Gasteiger partial charge in [0, 0.05) is 25.4 Å². The average Bonchev–Trinajstić information content (AvgIpc) is 3.20. The van der Waals surface area contributed by atoms with E-state index < -0.39 is 0 Å². The molecule has 1 amide bonds. The van der Waals surface area contributed by atoms with Crippen LogP contribution in [0.25, 0.3) is 11.0 Å². The van der Waals surface area contributed by atoms with E-state index in [1.807, 2.05) is 42.5 Å². The molecule has 164 valence electrons. The SMILES string of the molecule is COc1ccccc1OCCn1c(CCCNC(=O)c2cccnc2)nc2ccccc21. The summed E-state index contributed by atoms with van der Waals surface area (Å²) in [6.07, 6.45) is 4.74. The monoisotopic (exact) mass is 430 g/mol. The molecule has 0 radical (unpaired) electrons. The number of carbonyl (C=O) groups excluding carboxylic acids is 1. The summed E-state index contributed by atoms with van der Waals surface area (Å²) in [7, 11) is 1.64. The van der Waals surface area contributed by atoms with Gasteiger partial charge in [0.1, 0.15) is 12.4 Å². The predicted molar refractivity (Wildman–Crippen MR) is 123 cm³/mol. The van der Waals surface area contributed by atoms with Crippen LogP contribution in [0, 0.1) is 0 Å². The summed E-state index contributed by atoms with van der Waals surface area (Å²) >= 11 is 0. The highest BCUT2D eigenvalue weighted by molar-refractivity contribution is 5.93. The van der Waals surface area contributed by atoms with Crippen LogP contribution < -0.4 is 14.8 Å². The molecule has 0 saturated heterocycles. The first kappa shape index (κ1) is 21.4. The van der Waals surface area contributed by atoms with E-state index in [0.717, 1.165) is 35.4 Å². The van der Waals surface area contributed by atoms with E-state index >= 15 is 0 Å². The summed E-state index contributed by atoms with van der Waals surface area (Å²) in [5.74, 6) is 2.30. The number of methoxy groups -OCH3 is 1. The van der Waals surface area contributed by atoms with Crippen molar-refractivity contribution in [2.45, 2.75) is 19.4 Å². The minimum absolute atomic E-state index is 0.114. The summed E-state index contributed by atoms with van der Waals surface area (Å²) in [6, 6.07) is 19.2. The number of hydrogen-bond donors (Lipinski definition) is 1. The molecule has 0 aliphatic carbocycles. The lowest BCUT2D eigenvalue weighted by atomic mass is 10.2. The maximum absolute atomic E-state index is 12.2. The maximum Gasteiger partial charge on any atom is 0.252 e. The van der Waals surface area contributed by atoms with Crippen molar-refractivity contribution in [3.63, 3.8) is 0 Å². The van der Waals surface area contributed by atoms with E-state index in [4.69, 9.17) is 14.5 Å². The number of nitrogens with one attached hydrogen (secondary N) is 1. The number of hydrogen-bond acceptors (Lipinski definition) is 5. The van der Waals surface area contributed by atoms with Crippen molar-refractivity contribution in [2.24, 2.45) is 0 Å². The van der Waals surface area contributed by atoms with Gasteiger partial charge in [-0.25, -0.2) is 4.98 Å². The Hall–Kier alpha value is -3.87. The lowest BCUT2D eigenvalue weighted by Gasteiger charge is -2.13. The second-order valence-electron chi connectivity index (χ2n) is 7.27. The van der Waals surface area contributed by atoms with Gasteiger partial charge in [-0.2, -0.15) is 0 Å². The summed E-state index contributed by atoms with van der Waals surface area (Å²) < 4.78 is 13.5. The zero-order chi connectivity index (χ0) is 22.2. The van der Waals surface area contributed by atoms with Crippen LogP contribution in [0.15, 0.2) is 73.1 Å². The predicted octanol–water partition coefficient (Wildman–Crippen LogP) is 3.88. The van der Waals surface area contributed by atoms with Crippen LogP contribution in [0.1, 0.15) is 22.6 Å². The Bertz CT molecular complexity index is 1170. The van der Waals surface area contributed by atoms with Crippen LogP contribution in [0.2, 0.25) is 0 Å². The highest BCUT2D eigenvalue weighted by Crippen LogP contribution is 2.26. The van der Waals surface area contributed by atoms with Crippen LogP contribution in [0.4, 0.5) is 0 Å². The van der Waals surface area contributed by atoms with Gasteiger partial charge < -0.3 is 19.4 Å². The molecule has 0 aliphatic heterocycles. The smallest absolute Gasteiger partial charge is 0.252 e. The topological polar surface area (TPSA) is 78.3 Å². The van der Waals surface area contributed by atoms with E-state index in [1.165, 1.54) is 0 Å². The fourth-order valence-corrected chi connectivity index (χ4v) is 3.60. The third kappa shape index (κ3) is 5.06. The van der Waals surface area contributed by atoms with E-state index in [2.05, 4.69) is 20.9 Å². The molecule has 0 atom stereocenters. The van der Waals surface area contributed by atoms with Crippen molar-refractivity contribution >= 4 is 16.9 Å². The molecule has 7 heteroatoms. The van der Waals surface area contributed by atoms with Crippen molar-refractivity contribution in [3.8, 4) is 11.5 Å². The van der Waals surface area contributed by atoms with Crippen molar-refractivity contribution in [1.82, 2.24) is 19.9 Å².